The molecule has 0 spiro atoms. The molecule has 0 saturated heterocycles. The fraction of sp³-hybridized carbons (Fsp3) is 0.286. The summed E-state index contributed by atoms with van der Waals surface area (Å²) in [5.41, 5.74) is 3.95. The molecule has 0 radical (unpaired) electrons. The van der Waals surface area contributed by atoms with Crippen molar-refractivity contribution in [1.29, 1.82) is 0 Å². The van der Waals surface area contributed by atoms with Crippen LogP contribution >= 0.6 is 0 Å². The highest BCUT2D eigenvalue weighted by Crippen LogP contribution is 2.36. The number of aromatic nitrogens is 2. The Morgan fingerprint density at radius 2 is 1.95 bits per heavy atom. The first kappa shape index (κ1) is 15.0. The number of ether oxygens (including phenoxy) is 3. The van der Waals surface area contributed by atoms with Gasteiger partial charge in [0.25, 0.3) is 0 Å². The minimum atomic E-state index is 0.358. The van der Waals surface area contributed by atoms with E-state index in [1.54, 1.807) is 27.4 Å². The van der Waals surface area contributed by atoms with Crippen LogP contribution in [-0.2, 0) is 11.3 Å². The molecule has 2 aromatic rings. The SMILES string of the molecule is COCc1cc(NN)nc(-c2cccc(OC)c2OC)n1. The van der Waals surface area contributed by atoms with E-state index in [9.17, 15) is 0 Å². The number of nitrogen functional groups attached to an aromatic ring is 1. The highest BCUT2D eigenvalue weighted by Gasteiger charge is 2.15. The molecule has 1 aromatic heterocycles. The van der Waals surface area contributed by atoms with E-state index in [2.05, 4.69) is 15.4 Å². The van der Waals surface area contributed by atoms with Crippen molar-refractivity contribution in [3.63, 3.8) is 0 Å². The predicted octanol–water partition coefficient (Wildman–Crippen LogP) is 1.59. The third-order valence-corrected chi connectivity index (χ3v) is 2.86. The van der Waals surface area contributed by atoms with Crippen molar-refractivity contribution in [3.05, 3.63) is 30.0 Å². The zero-order valence-electron chi connectivity index (χ0n) is 12.2. The first-order valence-corrected chi connectivity index (χ1v) is 6.28. The molecule has 0 aliphatic carbocycles. The molecule has 0 aliphatic heterocycles. The number of hydrogen-bond acceptors (Lipinski definition) is 7. The van der Waals surface area contributed by atoms with Crippen molar-refractivity contribution < 1.29 is 14.2 Å². The Bertz CT molecular complexity index is 619. The molecule has 1 aromatic carbocycles. The average Bonchev–Trinajstić information content (AvgIpc) is 2.53. The molecule has 21 heavy (non-hydrogen) atoms. The summed E-state index contributed by atoms with van der Waals surface area (Å²) in [6.07, 6.45) is 0. The van der Waals surface area contributed by atoms with E-state index in [1.807, 2.05) is 18.2 Å². The van der Waals surface area contributed by atoms with E-state index >= 15 is 0 Å². The number of anilines is 1. The fourth-order valence-corrected chi connectivity index (χ4v) is 1.98. The van der Waals surface area contributed by atoms with E-state index < -0.39 is 0 Å². The molecule has 0 fully saturated rings. The number of nitrogens with zero attached hydrogens (tertiary/aromatic N) is 2. The van der Waals surface area contributed by atoms with Gasteiger partial charge in [-0.05, 0) is 12.1 Å². The van der Waals surface area contributed by atoms with Gasteiger partial charge in [0.05, 0.1) is 32.1 Å². The van der Waals surface area contributed by atoms with Crippen LogP contribution < -0.4 is 20.7 Å². The van der Waals surface area contributed by atoms with Crippen molar-refractivity contribution in [2.45, 2.75) is 6.61 Å². The van der Waals surface area contributed by atoms with Crippen molar-refractivity contribution in [1.82, 2.24) is 9.97 Å². The summed E-state index contributed by atoms with van der Waals surface area (Å²) in [5, 5.41) is 0. The summed E-state index contributed by atoms with van der Waals surface area (Å²) >= 11 is 0. The summed E-state index contributed by atoms with van der Waals surface area (Å²) in [7, 11) is 4.75. The summed E-state index contributed by atoms with van der Waals surface area (Å²) < 4.78 is 15.8. The molecule has 2 rings (SSSR count). The van der Waals surface area contributed by atoms with E-state index in [0.717, 1.165) is 0 Å². The molecular formula is C14H18N4O3. The molecule has 7 heteroatoms. The van der Waals surface area contributed by atoms with Crippen LogP contribution in [0.15, 0.2) is 24.3 Å². The Kier molecular flexibility index (Phi) is 4.91. The van der Waals surface area contributed by atoms with Crippen LogP contribution in [0.2, 0.25) is 0 Å². The number of hydrazine groups is 1. The number of nitrogens with two attached hydrogens (primary N) is 1. The third kappa shape index (κ3) is 3.21. The second-order valence-electron chi connectivity index (χ2n) is 4.19. The molecule has 0 saturated carbocycles. The minimum absolute atomic E-state index is 0.358. The van der Waals surface area contributed by atoms with Crippen LogP contribution in [0.1, 0.15) is 5.69 Å². The Labute approximate surface area is 123 Å². The molecule has 0 atom stereocenters. The van der Waals surface area contributed by atoms with E-state index in [4.69, 9.17) is 20.1 Å². The molecule has 112 valence electrons. The molecule has 0 bridgehead atoms. The van der Waals surface area contributed by atoms with Gasteiger partial charge in [-0.2, -0.15) is 0 Å². The lowest BCUT2D eigenvalue weighted by molar-refractivity contribution is 0.181. The van der Waals surface area contributed by atoms with Crippen LogP contribution in [0.4, 0.5) is 5.82 Å². The lowest BCUT2D eigenvalue weighted by Gasteiger charge is -2.13. The lowest BCUT2D eigenvalue weighted by Crippen LogP contribution is -2.11. The number of nitrogens with one attached hydrogen (secondary N) is 1. The largest absolute Gasteiger partial charge is 0.493 e. The Morgan fingerprint density at radius 3 is 2.57 bits per heavy atom. The normalized spacial score (nSPS) is 10.3. The zero-order chi connectivity index (χ0) is 15.2. The maximum atomic E-state index is 5.45. The molecule has 7 nitrogen and oxygen atoms in total. The van der Waals surface area contributed by atoms with E-state index in [1.165, 1.54) is 0 Å². The number of hydrogen-bond donors (Lipinski definition) is 2. The zero-order valence-corrected chi connectivity index (χ0v) is 12.2. The van der Waals surface area contributed by atoms with Gasteiger partial charge in [-0.3, -0.25) is 0 Å². The first-order valence-electron chi connectivity index (χ1n) is 6.28. The highest BCUT2D eigenvalue weighted by atomic mass is 16.5. The number of benzene rings is 1. The molecule has 0 unspecified atom stereocenters. The Balaban J connectivity index is 2.57. The van der Waals surface area contributed by atoms with Crippen molar-refractivity contribution >= 4 is 5.82 Å². The van der Waals surface area contributed by atoms with Crippen LogP contribution in [-0.4, -0.2) is 31.3 Å². The van der Waals surface area contributed by atoms with Gasteiger partial charge in [0, 0.05) is 13.2 Å². The summed E-state index contributed by atoms with van der Waals surface area (Å²) in [5.74, 6) is 7.60. The van der Waals surface area contributed by atoms with Gasteiger partial charge in [0.2, 0.25) is 0 Å². The molecule has 0 amide bonds. The maximum absolute atomic E-state index is 5.45. The highest BCUT2D eigenvalue weighted by molar-refractivity contribution is 5.69. The molecular weight excluding hydrogens is 272 g/mol. The van der Waals surface area contributed by atoms with Crippen LogP contribution in [0, 0.1) is 0 Å². The second-order valence-corrected chi connectivity index (χ2v) is 4.19. The quantitative estimate of drug-likeness (QED) is 0.616. The van der Waals surface area contributed by atoms with Gasteiger partial charge in [0.1, 0.15) is 5.82 Å². The smallest absolute Gasteiger partial charge is 0.171 e. The number of rotatable bonds is 6. The topological polar surface area (TPSA) is 91.5 Å². The Morgan fingerprint density at radius 1 is 1.14 bits per heavy atom. The standard InChI is InChI=1S/C14H18N4O3/c1-19-8-9-7-12(18-15)17-14(16-9)10-5-4-6-11(20-2)13(10)21-3/h4-7H,8,15H2,1-3H3,(H,16,17,18). The van der Waals surface area contributed by atoms with Crippen molar-refractivity contribution in [3.8, 4) is 22.9 Å². The van der Waals surface area contributed by atoms with Gasteiger partial charge in [-0.15, -0.1) is 0 Å². The first-order chi connectivity index (χ1) is 10.2. The van der Waals surface area contributed by atoms with Gasteiger partial charge >= 0.3 is 0 Å². The van der Waals surface area contributed by atoms with Gasteiger partial charge in [-0.25, -0.2) is 15.8 Å². The summed E-state index contributed by atoms with van der Waals surface area (Å²) in [6, 6.07) is 7.23. The third-order valence-electron chi connectivity index (χ3n) is 2.86. The Hall–Kier alpha value is -2.38. The van der Waals surface area contributed by atoms with Crippen molar-refractivity contribution in [2.75, 3.05) is 26.8 Å². The predicted molar refractivity (Wildman–Crippen MR) is 79.1 cm³/mol. The fourth-order valence-electron chi connectivity index (χ4n) is 1.98. The number of methoxy groups -OCH3 is 3. The van der Waals surface area contributed by atoms with Gasteiger partial charge in [-0.1, -0.05) is 6.07 Å². The molecule has 0 aliphatic rings. The van der Waals surface area contributed by atoms with Crippen LogP contribution in [0.25, 0.3) is 11.4 Å². The van der Waals surface area contributed by atoms with E-state index in [0.29, 0.717) is 41.0 Å². The molecule has 1 heterocycles. The second kappa shape index (κ2) is 6.87. The average molecular weight is 290 g/mol. The lowest BCUT2D eigenvalue weighted by atomic mass is 10.1. The minimum Gasteiger partial charge on any atom is -0.493 e. The van der Waals surface area contributed by atoms with Crippen LogP contribution in [0.5, 0.6) is 11.5 Å². The van der Waals surface area contributed by atoms with E-state index in [-0.39, 0.29) is 0 Å². The van der Waals surface area contributed by atoms with Gasteiger partial charge in [0.15, 0.2) is 17.3 Å². The monoisotopic (exact) mass is 290 g/mol. The number of para-hydroxylation sites is 1. The molecule has 3 N–H and O–H groups in total. The van der Waals surface area contributed by atoms with Gasteiger partial charge < -0.3 is 19.6 Å². The van der Waals surface area contributed by atoms with Crippen molar-refractivity contribution in [2.24, 2.45) is 5.84 Å². The summed E-state index contributed by atoms with van der Waals surface area (Å²) in [4.78, 5) is 8.81. The van der Waals surface area contributed by atoms with Crippen LogP contribution in [0.3, 0.4) is 0 Å². The summed E-state index contributed by atoms with van der Waals surface area (Å²) in [6.45, 7) is 0.358. The maximum Gasteiger partial charge on any atom is 0.171 e.